The third-order valence-corrected chi connectivity index (χ3v) is 7.40. The fourth-order valence-corrected chi connectivity index (χ4v) is 5.66. The minimum absolute atomic E-state index is 0.114. The normalized spacial score (nSPS) is 13.2. The Labute approximate surface area is 228 Å². The van der Waals surface area contributed by atoms with Crippen LogP contribution in [0.5, 0.6) is 23.0 Å². The molecule has 0 radical (unpaired) electrons. The summed E-state index contributed by atoms with van der Waals surface area (Å²) >= 11 is 0. The summed E-state index contributed by atoms with van der Waals surface area (Å²) in [6.45, 7) is 0.400. The molecule has 6 rings (SSSR count). The summed E-state index contributed by atoms with van der Waals surface area (Å²) in [4.78, 5) is 0. The second-order valence-corrected chi connectivity index (χ2v) is 9.56. The first-order valence-electron chi connectivity index (χ1n) is 12.9. The summed E-state index contributed by atoms with van der Waals surface area (Å²) in [5.74, 6) is 1.57. The van der Waals surface area contributed by atoms with Gasteiger partial charge in [-0.25, -0.2) is 0 Å². The molecule has 0 saturated carbocycles. The molecule has 0 fully saturated rings. The molecule has 0 bridgehead atoms. The third kappa shape index (κ3) is 4.20. The van der Waals surface area contributed by atoms with Crippen LogP contribution in [0.2, 0.25) is 0 Å². The lowest BCUT2D eigenvalue weighted by Gasteiger charge is -2.34. The van der Waals surface area contributed by atoms with E-state index in [9.17, 15) is 10.2 Å². The standard InChI is InChI=1S/C35H28O4/c1-38-34-23-24(12-21-33(34)37)7-6-22-39-28-19-15-26(16-20-28)35(25-13-17-27(36)18-14-25)31-10-4-2-8-29(31)30-9-3-5-11-32(30)35/h2-21,23,36-37H,22H2,1H3. The number of phenols is 2. The summed E-state index contributed by atoms with van der Waals surface area (Å²) in [6.07, 6.45) is 3.86. The quantitative estimate of drug-likeness (QED) is 0.232. The van der Waals surface area contributed by atoms with Gasteiger partial charge in [0.15, 0.2) is 11.5 Å². The molecule has 5 aromatic carbocycles. The van der Waals surface area contributed by atoms with Crippen LogP contribution in [0.1, 0.15) is 27.8 Å². The number of ether oxygens (including phenoxy) is 2. The van der Waals surface area contributed by atoms with Gasteiger partial charge in [-0.05, 0) is 81.4 Å². The first kappa shape index (κ1) is 24.4. The van der Waals surface area contributed by atoms with Crippen LogP contribution in [-0.2, 0) is 5.41 Å². The van der Waals surface area contributed by atoms with Crippen LogP contribution in [-0.4, -0.2) is 23.9 Å². The van der Waals surface area contributed by atoms with Gasteiger partial charge in [0.05, 0.1) is 12.5 Å². The predicted molar refractivity (Wildman–Crippen MR) is 155 cm³/mol. The topological polar surface area (TPSA) is 58.9 Å². The Morgan fingerprint density at radius 2 is 1.28 bits per heavy atom. The van der Waals surface area contributed by atoms with Gasteiger partial charge in [-0.15, -0.1) is 0 Å². The molecule has 192 valence electrons. The minimum atomic E-state index is -0.517. The van der Waals surface area contributed by atoms with Gasteiger partial charge in [-0.2, -0.15) is 0 Å². The summed E-state index contributed by atoms with van der Waals surface area (Å²) in [6, 6.07) is 38.2. The van der Waals surface area contributed by atoms with Crippen LogP contribution >= 0.6 is 0 Å². The molecule has 4 nitrogen and oxygen atoms in total. The number of phenolic OH excluding ortho intramolecular Hbond substituents is 2. The number of hydrogen-bond acceptors (Lipinski definition) is 4. The SMILES string of the molecule is COc1cc(C=CCOc2ccc(C3(c4ccc(O)cc4)c4ccccc4-c4ccccc43)cc2)ccc1O. The van der Waals surface area contributed by atoms with Gasteiger partial charge in [0.25, 0.3) is 0 Å². The molecule has 1 aliphatic carbocycles. The van der Waals surface area contributed by atoms with Gasteiger partial charge >= 0.3 is 0 Å². The van der Waals surface area contributed by atoms with Crippen molar-refractivity contribution in [2.45, 2.75) is 5.41 Å². The lowest BCUT2D eigenvalue weighted by Crippen LogP contribution is -2.28. The van der Waals surface area contributed by atoms with Crippen molar-refractivity contribution in [1.82, 2.24) is 0 Å². The van der Waals surface area contributed by atoms with Crippen molar-refractivity contribution in [1.29, 1.82) is 0 Å². The van der Waals surface area contributed by atoms with E-state index in [1.807, 2.05) is 42.5 Å². The molecule has 4 heteroatoms. The Morgan fingerprint density at radius 3 is 1.90 bits per heavy atom. The third-order valence-electron chi connectivity index (χ3n) is 7.40. The average Bonchev–Trinajstić information content (AvgIpc) is 3.28. The van der Waals surface area contributed by atoms with Crippen molar-refractivity contribution < 1.29 is 19.7 Å². The van der Waals surface area contributed by atoms with Gasteiger partial charge in [0.2, 0.25) is 0 Å². The van der Waals surface area contributed by atoms with Gasteiger partial charge in [0, 0.05) is 0 Å². The number of aromatic hydroxyl groups is 2. The zero-order chi connectivity index (χ0) is 26.8. The fourth-order valence-electron chi connectivity index (χ4n) is 5.66. The Morgan fingerprint density at radius 1 is 0.692 bits per heavy atom. The van der Waals surface area contributed by atoms with Gasteiger partial charge < -0.3 is 19.7 Å². The maximum absolute atomic E-state index is 10.1. The molecule has 5 aromatic rings. The van der Waals surface area contributed by atoms with Crippen molar-refractivity contribution >= 4 is 6.08 Å². The summed E-state index contributed by atoms with van der Waals surface area (Å²) in [7, 11) is 1.53. The molecule has 2 N–H and O–H groups in total. The highest BCUT2D eigenvalue weighted by Gasteiger charge is 2.45. The van der Waals surface area contributed by atoms with Crippen molar-refractivity contribution in [3.63, 3.8) is 0 Å². The van der Waals surface area contributed by atoms with Crippen molar-refractivity contribution in [3.05, 3.63) is 149 Å². The highest BCUT2D eigenvalue weighted by molar-refractivity contribution is 5.86. The monoisotopic (exact) mass is 512 g/mol. The van der Waals surface area contributed by atoms with Gasteiger partial charge in [-0.3, -0.25) is 0 Å². The van der Waals surface area contributed by atoms with Crippen LogP contribution in [0.3, 0.4) is 0 Å². The Kier molecular flexibility index (Phi) is 6.29. The van der Waals surface area contributed by atoms with Crippen LogP contribution in [0.4, 0.5) is 0 Å². The summed E-state index contributed by atoms with van der Waals surface area (Å²) < 4.78 is 11.2. The smallest absolute Gasteiger partial charge is 0.161 e. The molecule has 1 aliphatic rings. The molecule has 0 atom stereocenters. The number of methoxy groups -OCH3 is 1. The van der Waals surface area contributed by atoms with Crippen molar-refractivity contribution in [2.75, 3.05) is 13.7 Å². The van der Waals surface area contributed by atoms with E-state index in [1.165, 1.54) is 29.4 Å². The van der Waals surface area contributed by atoms with E-state index in [4.69, 9.17) is 9.47 Å². The van der Waals surface area contributed by atoms with E-state index >= 15 is 0 Å². The first-order chi connectivity index (χ1) is 19.1. The minimum Gasteiger partial charge on any atom is -0.508 e. The lowest BCUT2D eigenvalue weighted by molar-refractivity contribution is 0.363. The largest absolute Gasteiger partial charge is 0.508 e. The van der Waals surface area contributed by atoms with E-state index in [0.29, 0.717) is 12.4 Å². The van der Waals surface area contributed by atoms with Crippen molar-refractivity contribution in [2.24, 2.45) is 0 Å². The van der Waals surface area contributed by atoms with E-state index in [2.05, 4.69) is 60.7 Å². The second kappa shape index (κ2) is 10.1. The molecule has 0 spiro atoms. The highest BCUT2D eigenvalue weighted by atomic mass is 16.5. The van der Waals surface area contributed by atoms with E-state index in [0.717, 1.165) is 22.4 Å². The molecule has 0 aromatic heterocycles. The highest BCUT2D eigenvalue weighted by Crippen LogP contribution is 2.56. The molecular formula is C35H28O4. The molecular weight excluding hydrogens is 484 g/mol. The maximum atomic E-state index is 10.1. The maximum Gasteiger partial charge on any atom is 0.161 e. The second-order valence-electron chi connectivity index (χ2n) is 9.56. The molecule has 39 heavy (non-hydrogen) atoms. The van der Waals surface area contributed by atoms with Crippen LogP contribution in [0.25, 0.3) is 17.2 Å². The van der Waals surface area contributed by atoms with Crippen LogP contribution in [0.15, 0.2) is 121 Å². The van der Waals surface area contributed by atoms with E-state index in [-0.39, 0.29) is 11.5 Å². The van der Waals surface area contributed by atoms with Crippen molar-refractivity contribution in [3.8, 4) is 34.1 Å². The summed E-state index contributed by atoms with van der Waals surface area (Å²) in [5.41, 5.74) is 7.50. The molecule has 0 heterocycles. The van der Waals surface area contributed by atoms with Crippen LogP contribution < -0.4 is 9.47 Å². The molecule has 0 aliphatic heterocycles. The Hall–Kier alpha value is -4.96. The number of benzene rings is 5. The van der Waals surface area contributed by atoms with Gasteiger partial charge in [0.1, 0.15) is 18.1 Å². The zero-order valence-electron chi connectivity index (χ0n) is 21.5. The number of fused-ring (bicyclic) bond motifs is 3. The number of rotatable bonds is 7. The van der Waals surface area contributed by atoms with Crippen LogP contribution in [0, 0.1) is 0 Å². The fraction of sp³-hybridized carbons (Fsp3) is 0.0857. The average molecular weight is 513 g/mol. The Balaban J connectivity index is 1.33. The molecule has 0 unspecified atom stereocenters. The predicted octanol–water partition coefficient (Wildman–Crippen LogP) is 7.56. The molecule has 0 amide bonds. The van der Waals surface area contributed by atoms with Gasteiger partial charge in [-0.1, -0.05) is 84.9 Å². The zero-order valence-corrected chi connectivity index (χ0v) is 21.5. The summed E-state index contributed by atoms with van der Waals surface area (Å²) in [5, 5.41) is 19.8. The van der Waals surface area contributed by atoms with E-state index < -0.39 is 5.41 Å². The lowest BCUT2D eigenvalue weighted by atomic mass is 9.68. The number of hydrogen-bond donors (Lipinski definition) is 2. The first-order valence-corrected chi connectivity index (χ1v) is 12.9. The molecule has 0 saturated heterocycles. The van der Waals surface area contributed by atoms with E-state index in [1.54, 1.807) is 24.3 Å². The Bertz CT molecular complexity index is 1600.